The second-order valence-corrected chi connectivity index (χ2v) is 6.42. The lowest BCUT2D eigenvalue weighted by molar-refractivity contribution is -0.175. The van der Waals surface area contributed by atoms with Crippen LogP contribution in [0.1, 0.15) is 41.5 Å². The van der Waals surface area contributed by atoms with Gasteiger partial charge in [0.2, 0.25) is 0 Å². The quantitative estimate of drug-likeness (QED) is 0.548. The van der Waals surface area contributed by atoms with Gasteiger partial charge < -0.3 is 20.7 Å². The third kappa shape index (κ3) is 8.12. The fourth-order valence-electron chi connectivity index (χ4n) is 1.14. The number of rotatable bonds is 6. The van der Waals surface area contributed by atoms with Crippen LogP contribution >= 0.6 is 0 Å². The molecule has 0 radical (unpaired) electrons. The molecule has 5 nitrogen and oxygen atoms in total. The molecule has 0 unspecified atom stereocenters. The maximum Gasteiger partial charge on any atom is 0.0869 e. The summed E-state index contributed by atoms with van der Waals surface area (Å²) in [5.41, 5.74) is -0.769. The number of nitrogens with zero attached hydrogens (tertiary/aromatic N) is 2. The summed E-state index contributed by atoms with van der Waals surface area (Å²) < 4.78 is 0. The van der Waals surface area contributed by atoms with Gasteiger partial charge in [-0.05, 0) is 53.7 Å². The van der Waals surface area contributed by atoms with E-state index in [9.17, 15) is 10.4 Å². The summed E-state index contributed by atoms with van der Waals surface area (Å²) in [5, 5.41) is 24.9. The van der Waals surface area contributed by atoms with Crippen molar-refractivity contribution in [3.63, 3.8) is 0 Å². The van der Waals surface area contributed by atoms with Gasteiger partial charge in [0, 0.05) is 12.1 Å². The van der Waals surface area contributed by atoms with Crippen molar-refractivity contribution in [2.75, 3.05) is 6.54 Å². The molecule has 0 spiro atoms. The highest BCUT2D eigenvalue weighted by molar-refractivity contribution is 5.21. The topological polar surface area (TPSA) is 61.8 Å². The molecule has 0 atom stereocenters. The average Bonchev–Trinajstić information content (AvgIpc) is 2.23. The minimum atomic E-state index is -0.591. The van der Waals surface area contributed by atoms with Crippen molar-refractivity contribution in [2.45, 2.75) is 52.7 Å². The standard InChI is InChI=1S/C15H26N2O3/c1-8-10-13(17(19)20-15(5,6)7)11-9-12-16(18)14(2,3)4/h8-11H,1,12H2,2-7H3/q-2/b11-9-,13-10+. The van der Waals surface area contributed by atoms with Crippen LogP contribution in [0.4, 0.5) is 0 Å². The Morgan fingerprint density at radius 1 is 1.15 bits per heavy atom. The molecule has 0 heterocycles. The van der Waals surface area contributed by atoms with Gasteiger partial charge in [-0.25, -0.2) is 0 Å². The zero-order valence-electron chi connectivity index (χ0n) is 13.3. The van der Waals surface area contributed by atoms with Crippen LogP contribution in [-0.2, 0) is 4.84 Å². The monoisotopic (exact) mass is 282 g/mol. The fraction of sp³-hybridized carbons (Fsp3) is 0.600. The van der Waals surface area contributed by atoms with Crippen LogP contribution < -0.4 is 0 Å². The minimum Gasteiger partial charge on any atom is -0.785 e. The van der Waals surface area contributed by atoms with E-state index in [0.29, 0.717) is 5.23 Å². The number of hydroxylamine groups is 4. The first-order chi connectivity index (χ1) is 8.97. The van der Waals surface area contributed by atoms with E-state index in [1.165, 1.54) is 12.2 Å². The average molecular weight is 282 g/mol. The van der Waals surface area contributed by atoms with Crippen molar-refractivity contribution in [1.82, 2.24) is 10.3 Å². The third-order valence-electron chi connectivity index (χ3n) is 2.16. The summed E-state index contributed by atoms with van der Waals surface area (Å²) in [6.07, 6.45) is 6.21. The zero-order chi connectivity index (χ0) is 16.0. The highest BCUT2D eigenvalue weighted by atomic mass is 16.9. The van der Waals surface area contributed by atoms with Gasteiger partial charge in [0.15, 0.2) is 0 Å². The largest absolute Gasteiger partial charge is 0.785 e. The molecule has 0 amide bonds. The van der Waals surface area contributed by atoms with Crippen molar-refractivity contribution < 1.29 is 4.84 Å². The molecule has 0 aliphatic rings. The summed E-state index contributed by atoms with van der Waals surface area (Å²) in [6.45, 7) is 14.6. The summed E-state index contributed by atoms with van der Waals surface area (Å²) in [7, 11) is 0. The van der Waals surface area contributed by atoms with Gasteiger partial charge in [0.1, 0.15) is 0 Å². The lowest BCUT2D eigenvalue weighted by atomic mass is 10.1. The molecule has 0 aliphatic heterocycles. The first-order valence-electron chi connectivity index (χ1n) is 6.58. The van der Waals surface area contributed by atoms with Crippen LogP contribution in [0.25, 0.3) is 0 Å². The number of hydrogen-bond acceptors (Lipinski definition) is 5. The molecular weight excluding hydrogens is 256 g/mol. The van der Waals surface area contributed by atoms with Crippen LogP contribution in [0.3, 0.4) is 0 Å². The fourth-order valence-corrected chi connectivity index (χ4v) is 1.14. The molecule has 116 valence electrons. The Hall–Kier alpha value is -1.14. The number of hydrogen-bond donors (Lipinski definition) is 0. The first-order valence-corrected chi connectivity index (χ1v) is 6.58. The van der Waals surface area contributed by atoms with E-state index in [1.54, 1.807) is 32.9 Å². The molecule has 0 saturated heterocycles. The lowest BCUT2D eigenvalue weighted by Gasteiger charge is -2.40. The molecule has 0 saturated carbocycles. The van der Waals surface area contributed by atoms with Gasteiger partial charge in [-0.1, -0.05) is 18.7 Å². The predicted molar refractivity (Wildman–Crippen MR) is 83.3 cm³/mol. The van der Waals surface area contributed by atoms with Crippen LogP contribution in [0.15, 0.2) is 36.6 Å². The molecule has 0 aromatic rings. The van der Waals surface area contributed by atoms with Crippen molar-refractivity contribution >= 4 is 0 Å². The SMILES string of the molecule is C=C/C=C(\C=C/CN([O-])C(C)(C)C)N([O-])OC(C)(C)C. The molecular formula is C15H26N2O3-2. The normalized spacial score (nSPS) is 14.2. The molecule has 0 aromatic carbocycles. The maximum absolute atomic E-state index is 11.9. The molecule has 0 fully saturated rings. The van der Waals surface area contributed by atoms with Gasteiger partial charge in [0.25, 0.3) is 0 Å². The van der Waals surface area contributed by atoms with Crippen LogP contribution in [0, 0.1) is 10.4 Å². The predicted octanol–water partition coefficient (Wildman–Crippen LogP) is 3.74. The van der Waals surface area contributed by atoms with Crippen LogP contribution in [0.2, 0.25) is 0 Å². The molecule has 20 heavy (non-hydrogen) atoms. The van der Waals surface area contributed by atoms with Gasteiger partial charge in [0.05, 0.1) is 11.3 Å². The maximum atomic E-state index is 11.9. The van der Waals surface area contributed by atoms with Crippen LogP contribution in [-0.4, -0.2) is 28.0 Å². The second-order valence-electron chi connectivity index (χ2n) is 6.42. The molecule has 0 rings (SSSR count). The van der Waals surface area contributed by atoms with Crippen molar-refractivity contribution in [1.29, 1.82) is 0 Å². The summed E-state index contributed by atoms with van der Waals surface area (Å²) in [6, 6.07) is 0. The second kappa shape index (κ2) is 7.59. The van der Waals surface area contributed by atoms with E-state index in [2.05, 4.69) is 6.58 Å². The highest BCUT2D eigenvalue weighted by Gasteiger charge is 2.13. The van der Waals surface area contributed by atoms with Gasteiger partial charge in [-0.2, -0.15) is 0 Å². The van der Waals surface area contributed by atoms with Crippen molar-refractivity contribution in [3.8, 4) is 0 Å². The Morgan fingerprint density at radius 2 is 1.70 bits per heavy atom. The van der Waals surface area contributed by atoms with Crippen LogP contribution in [0.5, 0.6) is 0 Å². The van der Waals surface area contributed by atoms with E-state index in [4.69, 9.17) is 4.84 Å². The minimum absolute atomic E-state index is 0.196. The van der Waals surface area contributed by atoms with E-state index >= 15 is 0 Å². The molecule has 0 aromatic heterocycles. The summed E-state index contributed by atoms with van der Waals surface area (Å²) >= 11 is 0. The first kappa shape index (κ1) is 18.9. The number of allylic oxidation sites excluding steroid dienone is 3. The van der Waals surface area contributed by atoms with E-state index in [1.807, 2.05) is 20.8 Å². The molecule has 0 bridgehead atoms. The van der Waals surface area contributed by atoms with Gasteiger partial charge in [-0.15, -0.1) is 0 Å². The van der Waals surface area contributed by atoms with Gasteiger partial charge >= 0.3 is 0 Å². The van der Waals surface area contributed by atoms with E-state index in [0.717, 1.165) is 5.06 Å². The Morgan fingerprint density at radius 3 is 2.10 bits per heavy atom. The Labute approximate surface area is 122 Å². The Balaban J connectivity index is 4.72. The van der Waals surface area contributed by atoms with Gasteiger partial charge in [-0.3, -0.25) is 4.84 Å². The summed E-state index contributed by atoms with van der Waals surface area (Å²) in [4.78, 5) is 5.20. The van der Waals surface area contributed by atoms with Crippen molar-refractivity contribution in [2.24, 2.45) is 0 Å². The highest BCUT2D eigenvalue weighted by Crippen LogP contribution is 2.16. The summed E-state index contributed by atoms with van der Waals surface area (Å²) in [5.74, 6) is 0. The van der Waals surface area contributed by atoms with Crippen molar-refractivity contribution in [3.05, 3.63) is 47.0 Å². The lowest BCUT2D eigenvalue weighted by Crippen LogP contribution is -2.36. The third-order valence-corrected chi connectivity index (χ3v) is 2.16. The molecule has 0 N–H and O–H groups in total. The van der Waals surface area contributed by atoms with E-state index in [-0.39, 0.29) is 12.2 Å². The molecule has 5 heteroatoms. The Bertz CT molecular complexity index is 362. The zero-order valence-corrected chi connectivity index (χ0v) is 13.3. The Kier molecular flexibility index (Phi) is 7.16. The molecule has 0 aliphatic carbocycles. The smallest absolute Gasteiger partial charge is 0.0869 e. The van der Waals surface area contributed by atoms with E-state index < -0.39 is 11.1 Å².